The van der Waals surface area contributed by atoms with Crippen molar-refractivity contribution in [1.29, 1.82) is 0 Å². The Bertz CT molecular complexity index is 460. The lowest BCUT2D eigenvalue weighted by atomic mass is 9.78. The van der Waals surface area contributed by atoms with Crippen molar-refractivity contribution < 1.29 is 4.52 Å². The molecular weight excluding hydrogens is 286 g/mol. The monoisotopic (exact) mass is 313 g/mol. The molecule has 2 fully saturated rings. The Labute approximate surface area is 133 Å². The smallest absolute Gasteiger partial charge is 0.232 e. The van der Waals surface area contributed by atoms with E-state index in [-0.39, 0.29) is 23.4 Å². The van der Waals surface area contributed by atoms with Crippen molar-refractivity contribution >= 4 is 12.4 Å². The average Bonchev–Trinajstić information content (AvgIpc) is 3.07. The van der Waals surface area contributed by atoms with E-state index < -0.39 is 0 Å². The van der Waals surface area contributed by atoms with Gasteiger partial charge in [0, 0.05) is 5.41 Å². The van der Waals surface area contributed by atoms with Gasteiger partial charge in [0.25, 0.3) is 0 Å². The molecule has 2 aliphatic rings. The molecule has 0 saturated heterocycles. The van der Waals surface area contributed by atoms with E-state index in [1.165, 1.54) is 38.5 Å². The van der Waals surface area contributed by atoms with Gasteiger partial charge in [-0.1, -0.05) is 44.7 Å². The van der Waals surface area contributed by atoms with Crippen molar-refractivity contribution in [2.24, 2.45) is 11.7 Å². The Morgan fingerprint density at radius 2 is 1.67 bits per heavy atom. The molecule has 0 spiro atoms. The third kappa shape index (κ3) is 3.11. The van der Waals surface area contributed by atoms with Crippen LogP contribution in [0.3, 0.4) is 0 Å². The van der Waals surface area contributed by atoms with E-state index in [4.69, 9.17) is 15.2 Å². The summed E-state index contributed by atoms with van der Waals surface area (Å²) in [6.45, 7) is 4.55. The standard InChI is InChI=1S/C16H27N3O.ClH/c1-12(2)11-15(7-3-4-8-15)14-18-13(19-20-14)16(17)9-5-6-10-16;/h12H,3-11,17H2,1-2H3;1H. The molecule has 0 unspecified atom stereocenters. The topological polar surface area (TPSA) is 64.9 Å². The maximum Gasteiger partial charge on any atom is 0.232 e. The van der Waals surface area contributed by atoms with Crippen molar-refractivity contribution in [1.82, 2.24) is 10.1 Å². The maximum atomic E-state index is 6.45. The molecule has 0 aliphatic heterocycles. The van der Waals surface area contributed by atoms with Crippen molar-refractivity contribution in [3.8, 4) is 0 Å². The minimum Gasteiger partial charge on any atom is -0.339 e. The van der Waals surface area contributed by atoms with Gasteiger partial charge in [0.05, 0.1) is 5.54 Å². The molecule has 0 amide bonds. The summed E-state index contributed by atoms with van der Waals surface area (Å²) >= 11 is 0. The van der Waals surface area contributed by atoms with Crippen LogP contribution < -0.4 is 5.73 Å². The van der Waals surface area contributed by atoms with Gasteiger partial charge in [-0.2, -0.15) is 4.98 Å². The highest BCUT2D eigenvalue weighted by molar-refractivity contribution is 5.85. The first-order valence-electron chi connectivity index (χ1n) is 8.18. The van der Waals surface area contributed by atoms with Gasteiger partial charge in [0.2, 0.25) is 5.89 Å². The molecule has 1 aromatic rings. The summed E-state index contributed by atoms with van der Waals surface area (Å²) in [6, 6.07) is 0. The summed E-state index contributed by atoms with van der Waals surface area (Å²) < 4.78 is 5.69. The first-order chi connectivity index (χ1) is 9.54. The highest BCUT2D eigenvalue weighted by Crippen LogP contribution is 2.45. The molecule has 2 N–H and O–H groups in total. The van der Waals surface area contributed by atoms with Crippen LogP contribution in [-0.2, 0) is 11.0 Å². The predicted octanol–water partition coefficient (Wildman–Crippen LogP) is 4.08. The van der Waals surface area contributed by atoms with Crippen LogP contribution in [0.15, 0.2) is 4.52 Å². The van der Waals surface area contributed by atoms with E-state index in [0.29, 0.717) is 5.92 Å². The second kappa shape index (κ2) is 6.25. The fourth-order valence-electron chi connectivity index (χ4n) is 4.21. The van der Waals surface area contributed by atoms with Crippen LogP contribution in [-0.4, -0.2) is 10.1 Å². The fourth-order valence-corrected chi connectivity index (χ4v) is 4.21. The molecule has 0 radical (unpaired) electrons. The number of nitrogens with two attached hydrogens (primary N) is 1. The summed E-state index contributed by atoms with van der Waals surface area (Å²) in [6.07, 6.45) is 10.4. The first kappa shape index (κ1) is 16.8. The van der Waals surface area contributed by atoms with E-state index in [1.807, 2.05) is 0 Å². The van der Waals surface area contributed by atoms with Crippen LogP contribution in [0.25, 0.3) is 0 Å². The molecule has 120 valence electrons. The van der Waals surface area contributed by atoms with Crippen molar-refractivity contribution in [2.75, 3.05) is 0 Å². The summed E-state index contributed by atoms with van der Waals surface area (Å²) in [5.74, 6) is 2.26. The van der Waals surface area contributed by atoms with E-state index >= 15 is 0 Å². The minimum absolute atomic E-state index is 0. The van der Waals surface area contributed by atoms with Crippen LogP contribution in [0.1, 0.15) is 83.3 Å². The van der Waals surface area contributed by atoms with Gasteiger partial charge < -0.3 is 10.3 Å². The van der Waals surface area contributed by atoms with Crippen LogP contribution in [0.5, 0.6) is 0 Å². The predicted molar refractivity (Wildman–Crippen MR) is 85.5 cm³/mol. The molecule has 2 saturated carbocycles. The van der Waals surface area contributed by atoms with E-state index in [1.54, 1.807) is 0 Å². The molecule has 4 nitrogen and oxygen atoms in total. The molecule has 0 aromatic carbocycles. The third-order valence-corrected chi connectivity index (χ3v) is 5.18. The molecule has 5 heteroatoms. The molecule has 0 atom stereocenters. The summed E-state index contributed by atoms with van der Waals surface area (Å²) in [5, 5.41) is 4.26. The second-order valence-corrected chi connectivity index (χ2v) is 7.37. The van der Waals surface area contributed by atoms with Gasteiger partial charge in [-0.25, -0.2) is 0 Å². The summed E-state index contributed by atoms with van der Waals surface area (Å²) in [5.41, 5.74) is 6.24. The lowest BCUT2D eigenvalue weighted by molar-refractivity contribution is 0.242. The Kier molecular flexibility index (Phi) is 4.99. The zero-order valence-electron chi connectivity index (χ0n) is 13.2. The third-order valence-electron chi connectivity index (χ3n) is 5.18. The fraction of sp³-hybridized carbons (Fsp3) is 0.875. The first-order valence-corrected chi connectivity index (χ1v) is 8.18. The lowest BCUT2D eigenvalue weighted by Gasteiger charge is -2.26. The van der Waals surface area contributed by atoms with E-state index in [2.05, 4.69) is 19.0 Å². The molecule has 21 heavy (non-hydrogen) atoms. The Morgan fingerprint density at radius 1 is 1.10 bits per heavy atom. The summed E-state index contributed by atoms with van der Waals surface area (Å²) in [4.78, 5) is 4.77. The lowest BCUT2D eigenvalue weighted by Crippen LogP contribution is -2.34. The molecule has 1 aromatic heterocycles. The van der Waals surface area contributed by atoms with E-state index in [0.717, 1.165) is 31.0 Å². The highest BCUT2D eigenvalue weighted by atomic mass is 35.5. The van der Waals surface area contributed by atoms with Crippen molar-refractivity contribution in [3.05, 3.63) is 11.7 Å². The van der Waals surface area contributed by atoms with Crippen LogP contribution in [0, 0.1) is 5.92 Å². The van der Waals surface area contributed by atoms with Crippen LogP contribution >= 0.6 is 12.4 Å². The van der Waals surface area contributed by atoms with Gasteiger partial charge in [-0.15, -0.1) is 12.4 Å². The number of rotatable bonds is 4. The largest absolute Gasteiger partial charge is 0.339 e. The molecule has 1 heterocycles. The van der Waals surface area contributed by atoms with Crippen molar-refractivity contribution in [2.45, 2.75) is 82.6 Å². The van der Waals surface area contributed by atoms with Gasteiger partial charge >= 0.3 is 0 Å². The number of hydrogen-bond acceptors (Lipinski definition) is 4. The Morgan fingerprint density at radius 3 is 2.24 bits per heavy atom. The molecule has 2 aliphatic carbocycles. The average molecular weight is 314 g/mol. The Balaban J connectivity index is 0.00000161. The Hall–Kier alpha value is -0.610. The SMILES string of the molecule is CC(C)CC1(c2nc(C3(N)CCCC3)no2)CCCC1.Cl. The zero-order valence-corrected chi connectivity index (χ0v) is 14.0. The van der Waals surface area contributed by atoms with Gasteiger partial charge in [-0.05, 0) is 38.0 Å². The number of halogens is 1. The molecule has 3 rings (SSSR count). The molecular formula is C16H28ClN3O. The van der Waals surface area contributed by atoms with Crippen LogP contribution in [0.4, 0.5) is 0 Å². The molecule has 0 bridgehead atoms. The number of aromatic nitrogens is 2. The van der Waals surface area contributed by atoms with Gasteiger partial charge in [-0.3, -0.25) is 0 Å². The second-order valence-electron chi connectivity index (χ2n) is 7.37. The normalized spacial score (nSPS) is 23.4. The minimum atomic E-state index is -0.334. The number of nitrogens with zero attached hydrogens (tertiary/aromatic N) is 2. The zero-order chi connectivity index (χ0) is 14.2. The van der Waals surface area contributed by atoms with E-state index in [9.17, 15) is 0 Å². The number of hydrogen-bond donors (Lipinski definition) is 1. The van der Waals surface area contributed by atoms with Gasteiger partial charge in [0.1, 0.15) is 0 Å². The van der Waals surface area contributed by atoms with Gasteiger partial charge in [0.15, 0.2) is 5.82 Å². The maximum absolute atomic E-state index is 6.45. The van der Waals surface area contributed by atoms with Crippen LogP contribution in [0.2, 0.25) is 0 Å². The summed E-state index contributed by atoms with van der Waals surface area (Å²) in [7, 11) is 0. The highest BCUT2D eigenvalue weighted by Gasteiger charge is 2.43. The quantitative estimate of drug-likeness (QED) is 0.909. The van der Waals surface area contributed by atoms with Crippen molar-refractivity contribution in [3.63, 3.8) is 0 Å².